The third-order valence-electron chi connectivity index (χ3n) is 1.32. The average molecular weight is 155 g/mol. The Kier molecular flexibility index (Phi) is 3.04. The van der Waals surface area contributed by atoms with Crippen LogP contribution in [0.3, 0.4) is 0 Å². The van der Waals surface area contributed by atoms with Gasteiger partial charge in [0.1, 0.15) is 5.82 Å². The number of hydrogen-bond donors (Lipinski definition) is 1. The van der Waals surface area contributed by atoms with Crippen molar-refractivity contribution < 1.29 is 4.74 Å². The molecule has 1 heterocycles. The van der Waals surface area contributed by atoms with Crippen LogP contribution in [0.25, 0.3) is 0 Å². The molecule has 0 fully saturated rings. The number of nitrogens with one attached hydrogen (secondary N) is 1. The van der Waals surface area contributed by atoms with Crippen LogP contribution in [0.15, 0.2) is 0 Å². The summed E-state index contributed by atoms with van der Waals surface area (Å²) in [6, 6.07) is 0. The standard InChI is InChI=1S/C7H13N3O/c1-3-11-5-4-7-8-6(2)9-10-7/h3-5H2,1-2H3,(H,8,9,10). The predicted molar refractivity (Wildman–Crippen MR) is 41.3 cm³/mol. The van der Waals surface area contributed by atoms with E-state index in [1.54, 1.807) is 0 Å². The second-order valence-corrected chi connectivity index (χ2v) is 2.28. The maximum Gasteiger partial charge on any atom is 0.152 e. The van der Waals surface area contributed by atoms with Gasteiger partial charge < -0.3 is 4.74 Å². The van der Waals surface area contributed by atoms with Crippen LogP contribution in [0, 0.1) is 6.92 Å². The molecule has 0 radical (unpaired) electrons. The number of nitrogens with zero attached hydrogens (tertiary/aromatic N) is 2. The summed E-state index contributed by atoms with van der Waals surface area (Å²) in [6.07, 6.45) is 0.790. The second-order valence-electron chi connectivity index (χ2n) is 2.28. The van der Waals surface area contributed by atoms with Crippen LogP contribution < -0.4 is 0 Å². The van der Waals surface area contributed by atoms with Crippen molar-refractivity contribution in [3.63, 3.8) is 0 Å². The number of aromatic amines is 1. The summed E-state index contributed by atoms with van der Waals surface area (Å²) in [4.78, 5) is 4.14. The van der Waals surface area contributed by atoms with Gasteiger partial charge in [0.15, 0.2) is 5.82 Å². The lowest BCUT2D eigenvalue weighted by molar-refractivity contribution is 0.149. The molecule has 62 valence electrons. The van der Waals surface area contributed by atoms with E-state index in [1.807, 2.05) is 13.8 Å². The van der Waals surface area contributed by atoms with E-state index in [4.69, 9.17) is 4.74 Å². The second kappa shape index (κ2) is 4.08. The average Bonchev–Trinajstić information content (AvgIpc) is 2.37. The minimum absolute atomic E-state index is 0.702. The van der Waals surface area contributed by atoms with E-state index in [0.717, 1.165) is 24.7 Å². The van der Waals surface area contributed by atoms with Crippen molar-refractivity contribution in [3.8, 4) is 0 Å². The lowest BCUT2D eigenvalue weighted by atomic mass is 10.4. The summed E-state index contributed by atoms with van der Waals surface area (Å²) in [5, 5.41) is 6.75. The number of H-pyrrole nitrogens is 1. The van der Waals surface area contributed by atoms with Crippen molar-refractivity contribution in [1.29, 1.82) is 0 Å². The Balaban J connectivity index is 2.27. The van der Waals surface area contributed by atoms with Crippen LogP contribution in [-0.2, 0) is 11.2 Å². The van der Waals surface area contributed by atoms with E-state index in [1.165, 1.54) is 0 Å². The highest BCUT2D eigenvalue weighted by atomic mass is 16.5. The molecule has 0 bridgehead atoms. The van der Waals surface area contributed by atoms with E-state index in [2.05, 4.69) is 15.2 Å². The largest absolute Gasteiger partial charge is 0.381 e. The Bertz CT molecular complexity index is 209. The Hall–Kier alpha value is -0.900. The topological polar surface area (TPSA) is 50.8 Å². The molecule has 11 heavy (non-hydrogen) atoms. The van der Waals surface area contributed by atoms with Crippen LogP contribution in [0.1, 0.15) is 18.6 Å². The van der Waals surface area contributed by atoms with Gasteiger partial charge in [-0.05, 0) is 13.8 Å². The fourth-order valence-electron chi connectivity index (χ4n) is 0.809. The summed E-state index contributed by atoms with van der Waals surface area (Å²) in [5.41, 5.74) is 0. The first-order chi connectivity index (χ1) is 5.33. The van der Waals surface area contributed by atoms with Gasteiger partial charge >= 0.3 is 0 Å². The van der Waals surface area contributed by atoms with Crippen molar-refractivity contribution in [2.45, 2.75) is 20.3 Å². The van der Waals surface area contributed by atoms with Gasteiger partial charge in [-0.15, -0.1) is 0 Å². The SMILES string of the molecule is CCOCCc1n[nH]c(C)n1. The monoisotopic (exact) mass is 155 g/mol. The Labute approximate surface area is 66.0 Å². The quantitative estimate of drug-likeness (QED) is 0.651. The highest BCUT2D eigenvalue weighted by Crippen LogP contribution is 1.91. The zero-order valence-electron chi connectivity index (χ0n) is 6.92. The molecule has 0 saturated heterocycles. The molecule has 4 heteroatoms. The minimum Gasteiger partial charge on any atom is -0.381 e. The van der Waals surface area contributed by atoms with Gasteiger partial charge in [-0.25, -0.2) is 4.98 Å². The minimum atomic E-state index is 0.702. The Morgan fingerprint density at radius 2 is 2.36 bits per heavy atom. The molecular formula is C7H13N3O. The number of ether oxygens (including phenoxy) is 1. The molecule has 0 aliphatic rings. The van der Waals surface area contributed by atoms with E-state index >= 15 is 0 Å². The molecular weight excluding hydrogens is 142 g/mol. The van der Waals surface area contributed by atoms with E-state index in [0.29, 0.717) is 6.61 Å². The van der Waals surface area contributed by atoms with E-state index < -0.39 is 0 Å². The summed E-state index contributed by atoms with van der Waals surface area (Å²) in [5.74, 6) is 1.69. The fourth-order valence-corrected chi connectivity index (χ4v) is 0.809. The predicted octanol–water partition coefficient (Wildman–Crippen LogP) is 0.692. The normalized spacial score (nSPS) is 10.4. The molecule has 0 saturated carbocycles. The lowest BCUT2D eigenvalue weighted by Crippen LogP contribution is -1.99. The zero-order valence-corrected chi connectivity index (χ0v) is 6.92. The van der Waals surface area contributed by atoms with Crippen LogP contribution in [0.2, 0.25) is 0 Å². The van der Waals surface area contributed by atoms with Crippen LogP contribution in [-0.4, -0.2) is 28.4 Å². The molecule has 0 aromatic carbocycles. The molecule has 0 aliphatic carbocycles. The molecule has 0 unspecified atom stereocenters. The summed E-state index contributed by atoms with van der Waals surface area (Å²) >= 11 is 0. The molecule has 1 rings (SSSR count). The summed E-state index contributed by atoms with van der Waals surface area (Å²) < 4.78 is 5.15. The van der Waals surface area contributed by atoms with Gasteiger partial charge in [-0.3, -0.25) is 5.10 Å². The van der Waals surface area contributed by atoms with Gasteiger partial charge in [0.25, 0.3) is 0 Å². The van der Waals surface area contributed by atoms with Gasteiger partial charge in [0, 0.05) is 13.0 Å². The van der Waals surface area contributed by atoms with Crippen molar-refractivity contribution >= 4 is 0 Å². The number of aryl methyl sites for hydroxylation is 1. The van der Waals surface area contributed by atoms with Gasteiger partial charge in [0.2, 0.25) is 0 Å². The molecule has 1 aromatic rings. The molecule has 1 aromatic heterocycles. The Morgan fingerprint density at radius 1 is 1.55 bits per heavy atom. The van der Waals surface area contributed by atoms with Crippen molar-refractivity contribution in [1.82, 2.24) is 15.2 Å². The third-order valence-corrected chi connectivity index (χ3v) is 1.32. The lowest BCUT2D eigenvalue weighted by Gasteiger charge is -1.95. The first-order valence-corrected chi connectivity index (χ1v) is 3.78. The Morgan fingerprint density at radius 3 is 2.91 bits per heavy atom. The van der Waals surface area contributed by atoms with Crippen molar-refractivity contribution in [2.75, 3.05) is 13.2 Å². The van der Waals surface area contributed by atoms with Gasteiger partial charge in [-0.1, -0.05) is 0 Å². The summed E-state index contributed by atoms with van der Waals surface area (Å²) in [6.45, 7) is 5.32. The highest BCUT2D eigenvalue weighted by Gasteiger charge is 1.97. The van der Waals surface area contributed by atoms with Crippen molar-refractivity contribution in [3.05, 3.63) is 11.6 Å². The van der Waals surface area contributed by atoms with Crippen LogP contribution in [0.5, 0.6) is 0 Å². The van der Waals surface area contributed by atoms with E-state index in [9.17, 15) is 0 Å². The first kappa shape index (κ1) is 8.20. The number of aromatic nitrogens is 3. The van der Waals surface area contributed by atoms with Crippen molar-refractivity contribution in [2.24, 2.45) is 0 Å². The smallest absolute Gasteiger partial charge is 0.152 e. The number of rotatable bonds is 4. The van der Waals surface area contributed by atoms with Crippen LogP contribution in [0.4, 0.5) is 0 Å². The van der Waals surface area contributed by atoms with Gasteiger partial charge in [-0.2, -0.15) is 5.10 Å². The number of hydrogen-bond acceptors (Lipinski definition) is 3. The molecule has 4 nitrogen and oxygen atoms in total. The van der Waals surface area contributed by atoms with Crippen LogP contribution >= 0.6 is 0 Å². The maximum atomic E-state index is 5.15. The first-order valence-electron chi connectivity index (χ1n) is 3.78. The van der Waals surface area contributed by atoms with Gasteiger partial charge in [0.05, 0.1) is 6.61 Å². The van der Waals surface area contributed by atoms with E-state index in [-0.39, 0.29) is 0 Å². The fraction of sp³-hybridized carbons (Fsp3) is 0.714. The highest BCUT2D eigenvalue weighted by molar-refractivity contribution is 4.87. The third kappa shape index (κ3) is 2.67. The maximum absolute atomic E-state index is 5.15. The molecule has 0 amide bonds. The molecule has 0 aliphatic heterocycles. The molecule has 1 N–H and O–H groups in total. The molecule has 0 atom stereocenters. The zero-order chi connectivity index (χ0) is 8.10. The summed E-state index contributed by atoms with van der Waals surface area (Å²) in [7, 11) is 0. The molecule has 0 spiro atoms.